The Labute approximate surface area is 260 Å². The Bertz CT molecular complexity index is 795. The van der Waals surface area contributed by atoms with E-state index >= 15 is 0 Å². The first kappa shape index (κ1) is 39.7. The number of aliphatic hydroxyl groups is 1. The van der Waals surface area contributed by atoms with Crippen LogP contribution in [0.1, 0.15) is 78.1 Å². The second-order valence-electron chi connectivity index (χ2n) is 9.32. The molecule has 0 aliphatic carbocycles. The highest BCUT2D eigenvalue weighted by Crippen LogP contribution is 2.40. The van der Waals surface area contributed by atoms with Gasteiger partial charge in [0.05, 0.1) is 6.61 Å². The van der Waals surface area contributed by atoms with Crippen molar-refractivity contribution in [2.45, 2.75) is 88.6 Å². The highest BCUT2D eigenvalue weighted by atomic mass is 33.1. The third kappa shape index (κ3) is 25.0. The Morgan fingerprint density at radius 1 is 0.732 bits per heavy atom. The van der Waals surface area contributed by atoms with Crippen molar-refractivity contribution < 1.29 is 43.6 Å². The zero-order chi connectivity index (χ0) is 30.9. The molecule has 2 aliphatic rings. The third-order valence-corrected chi connectivity index (χ3v) is 11.4. The second kappa shape index (κ2) is 26.4. The van der Waals surface area contributed by atoms with E-state index in [9.17, 15) is 19.2 Å². The lowest BCUT2D eigenvalue weighted by Crippen LogP contribution is -2.14. The Balaban J connectivity index is 0.000000646. The molecule has 0 aromatic heterocycles. The van der Waals surface area contributed by atoms with Crippen molar-refractivity contribution in [3.8, 4) is 0 Å². The number of carbonyl (C=O) groups excluding carboxylic acids is 3. The second-order valence-corrected chi connectivity index (χ2v) is 14.9. The average Bonchev–Trinajstić information content (AvgIpc) is 3.65. The van der Waals surface area contributed by atoms with Crippen molar-refractivity contribution in [1.29, 1.82) is 0 Å². The number of aliphatic carboxylic acids is 1. The first-order chi connectivity index (χ1) is 19.6. The van der Waals surface area contributed by atoms with E-state index in [1.165, 1.54) is 37.2 Å². The fourth-order valence-corrected chi connectivity index (χ4v) is 9.22. The summed E-state index contributed by atoms with van der Waals surface area (Å²) in [6.45, 7) is 10.1. The molecule has 13 heteroatoms. The fraction of sp³-hybridized carbons (Fsp3) is 0.714. The van der Waals surface area contributed by atoms with Crippen LogP contribution in [0, 0.1) is 0 Å². The van der Waals surface area contributed by atoms with Gasteiger partial charge in [0.25, 0.3) is 0 Å². The summed E-state index contributed by atoms with van der Waals surface area (Å²) in [5.41, 5.74) is 0.697. The molecule has 0 aromatic carbocycles. The van der Waals surface area contributed by atoms with Crippen LogP contribution in [-0.2, 0) is 33.4 Å². The molecule has 0 spiro atoms. The minimum atomic E-state index is -0.663. The lowest BCUT2D eigenvalue weighted by Gasteiger charge is -2.07. The summed E-state index contributed by atoms with van der Waals surface area (Å²) < 4.78 is 14.3. The predicted octanol–water partition coefficient (Wildman–Crippen LogP) is 6.25. The van der Waals surface area contributed by atoms with Gasteiger partial charge >= 0.3 is 23.9 Å². The Morgan fingerprint density at radius 3 is 1.61 bits per heavy atom. The number of hydrogen-bond acceptors (Lipinski definition) is 12. The van der Waals surface area contributed by atoms with Gasteiger partial charge in [-0.1, -0.05) is 69.2 Å². The van der Waals surface area contributed by atoms with E-state index in [0.717, 1.165) is 36.2 Å². The summed E-state index contributed by atoms with van der Waals surface area (Å²) in [6, 6.07) is 0. The van der Waals surface area contributed by atoms with Crippen LogP contribution in [0.4, 0.5) is 0 Å². The standard InChI is InChI=1S/C14H22O4S2.C8H14O2S2.C6H10O3/c1-11(2)14(16)18-9-8-17-13(15)6-4-3-5-12-7-10-19-20-12;9-8(10)4-2-1-3-7-5-6-11-12-7;1-5(2)6(8)9-4-3-7/h12H,1,3-10H2,2H3;7H,1-6H2,(H,9,10);7H,1,3-4H2,2H3. The van der Waals surface area contributed by atoms with E-state index in [1.807, 2.05) is 43.2 Å². The predicted molar refractivity (Wildman–Crippen MR) is 171 cm³/mol. The van der Waals surface area contributed by atoms with E-state index in [4.69, 9.17) is 19.7 Å². The summed E-state index contributed by atoms with van der Waals surface area (Å²) in [4.78, 5) is 43.1. The summed E-state index contributed by atoms with van der Waals surface area (Å²) in [6.07, 6.45) is 9.61. The lowest BCUT2D eigenvalue weighted by atomic mass is 10.1. The lowest BCUT2D eigenvalue weighted by molar-refractivity contribution is -0.150. The number of carbonyl (C=O) groups is 4. The van der Waals surface area contributed by atoms with Crippen LogP contribution in [0.25, 0.3) is 0 Å². The first-order valence-electron chi connectivity index (χ1n) is 13.8. The maximum absolute atomic E-state index is 11.4. The molecule has 0 saturated carbocycles. The van der Waals surface area contributed by atoms with Gasteiger partial charge in [0.2, 0.25) is 0 Å². The molecule has 236 valence electrons. The van der Waals surface area contributed by atoms with E-state index < -0.39 is 17.9 Å². The molecule has 9 nitrogen and oxygen atoms in total. The molecule has 2 atom stereocenters. The van der Waals surface area contributed by atoms with Crippen molar-refractivity contribution in [2.75, 3.05) is 37.9 Å². The number of ether oxygens (including phenoxy) is 3. The molecule has 0 radical (unpaired) electrons. The average molecular weight is 655 g/mol. The van der Waals surface area contributed by atoms with Crippen LogP contribution in [-0.4, -0.2) is 82.5 Å². The molecule has 2 N–H and O–H groups in total. The van der Waals surface area contributed by atoms with Crippen molar-refractivity contribution >= 4 is 67.1 Å². The number of rotatable bonds is 17. The van der Waals surface area contributed by atoms with Crippen molar-refractivity contribution in [3.63, 3.8) is 0 Å². The number of hydrogen-bond donors (Lipinski definition) is 2. The highest BCUT2D eigenvalue weighted by molar-refractivity contribution is 8.77. The zero-order valence-electron chi connectivity index (χ0n) is 24.3. The summed E-state index contributed by atoms with van der Waals surface area (Å²) >= 11 is 0. The minimum absolute atomic E-state index is 0.0473. The smallest absolute Gasteiger partial charge is 0.333 e. The Hall–Kier alpha value is -1.28. The van der Waals surface area contributed by atoms with Gasteiger partial charge in [-0.3, -0.25) is 9.59 Å². The van der Waals surface area contributed by atoms with Crippen LogP contribution in [0.15, 0.2) is 24.3 Å². The Morgan fingerprint density at radius 2 is 1.20 bits per heavy atom. The van der Waals surface area contributed by atoms with E-state index in [1.54, 1.807) is 13.8 Å². The van der Waals surface area contributed by atoms with E-state index in [2.05, 4.69) is 17.9 Å². The molecule has 2 fully saturated rings. The topological polar surface area (TPSA) is 136 Å². The SMILES string of the molecule is C=C(C)C(=O)OCCO.C=C(C)C(=O)OCCOC(=O)CCCCC1CCSS1.O=C(O)CCCCC1CCSS1. The molecule has 41 heavy (non-hydrogen) atoms. The third-order valence-electron chi connectivity index (χ3n) is 5.38. The molecule has 2 heterocycles. The van der Waals surface area contributed by atoms with Gasteiger partial charge in [-0.25, -0.2) is 9.59 Å². The van der Waals surface area contributed by atoms with Gasteiger partial charge in [0, 0.05) is 46.0 Å². The minimum Gasteiger partial charge on any atom is -0.481 e. The zero-order valence-corrected chi connectivity index (χ0v) is 27.5. The number of esters is 3. The number of carboxylic acids is 1. The maximum Gasteiger partial charge on any atom is 0.333 e. The molecule has 0 amide bonds. The maximum atomic E-state index is 11.4. The van der Waals surface area contributed by atoms with Gasteiger partial charge < -0.3 is 24.4 Å². The molecular weight excluding hydrogens is 609 g/mol. The van der Waals surface area contributed by atoms with Crippen molar-refractivity contribution in [2.24, 2.45) is 0 Å². The highest BCUT2D eigenvalue weighted by Gasteiger charge is 2.16. The number of aliphatic hydroxyl groups excluding tert-OH is 1. The van der Waals surface area contributed by atoms with Crippen LogP contribution in [0.2, 0.25) is 0 Å². The molecule has 0 bridgehead atoms. The van der Waals surface area contributed by atoms with Gasteiger partial charge in [0.15, 0.2) is 0 Å². The quantitative estimate of drug-likeness (QED) is 0.0602. The van der Waals surface area contributed by atoms with Gasteiger partial charge in [-0.15, -0.1) is 0 Å². The normalized spacial score (nSPS) is 17.2. The van der Waals surface area contributed by atoms with Crippen molar-refractivity contribution in [1.82, 2.24) is 0 Å². The molecule has 0 aromatic rings. The van der Waals surface area contributed by atoms with Gasteiger partial charge in [0.1, 0.15) is 19.8 Å². The molecule has 2 rings (SSSR count). The fourth-order valence-electron chi connectivity index (χ4n) is 3.17. The van der Waals surface area contributed by atoms with E-state index in [0.29, 0.717) is 24.0 Å². The van der Waals surface area contributed by atoms with Gasteiger partial charge in [-0.05, 0) is 52.4 Å². The summed E-state index contributed by atoms with van der Waals surface area (Å²) in [5.74, 6) is 0.736. The summed E-state index contributed by atoms with van der Waals surface area (Å²) in [7, 11) is 7.83. The molecular formula is C28H46O9S4. The van der Waals surface area contributed by atoms with Crippen LogP contribution < -0.4 is 0 Å². The number of unbranched alkanes of at least 4 members (excludes halogenated alkanes) is 2. The summed E-state index contributed by atoms with van der Waals surface area (Å²) in [5, 5.41) is 18.1. The first-order valence-corrected chi connectivity index (χ1v) is 18.5. The van der Waals surface area contributed by atoms with Crippen LogP contribution >= 0.6 is 43.2 Å². The van der Waals surface area contributed by atoms with Crippen LogP contribution in [0.5, 0.6) is 0 Å². The van der Waals surface area contributed by atoms with E-state index in [-0.39, 0.29) is 32.4 Å². The van der Waals surface area contributed by atoms with Crippen LogP contribution in [0.3, 0.4) is 0 Å². The van der Waals surface area contributed by atoms with Gasteiger partial charge in [-0.2, -0.15) is 0 Å². The molecule has 2 aliphatic heterocycles. The molecule has 2 saturated heterocycles. The van der Waals surface area contributed by atoms with Crippen molar-refractivity contribution in [3.05, 3.63) is 24.3 Å². The number of carboxylic acid groups (broad SMARTS) is 1. The monoisotopic (exact) mass is 654 g/mol. The Kier molecular flexibility index (Phi) is 25.5. The largest absolute Gasteiger partial charge is 0.481 e. The molecule has 2 unspecified atom stereocenters.